The molecule has 92 valence electrons. The molecule has 2 atom stereocenters. The van der Waals surface area contributed by atoms with Crippen molar-refractivity contribution in [3.63, 3.8) is 0 Å². The molecule has 0 aromatic heterocycles. The Hall–Kier alpha value is -1.33. The first-order valence-electron chi connectivity index (χ1n) is 6.37. The fourth-order valence-corrected chi connectivity index (χ4v) is 6.22. The highest BCUT2D eigenvalue weighted by atomic mass is 31.2. The normalized spacial score (nSPS) is 26.0. The Morgan fingerprint density at radius 2 is 1.83 bits per heavy atom. The van der Waals surface area contributed by atoms with E-state index in [0.29, 0.717) is 5.92 Å². The van der Waals surface area contributed by atoms with E-state index in [-0.39, 0.29) is 0 Å². The average Bonchev–Trinajstić information content (AvgIpc) is 2.63. The molecular formula is C16H17OP. The molecule has 0 aliphatic carbocycles. The van der Waals surface area contributed by atoms with Crippen molar-refractivity contribution in [2.45, 2.75) is 19.8 Å². The first kappa shape index (κ1) is 11.7. The minimum Gasteiger partial charge on any atom is -0.314 e. The van der Waals surface area contributed by atoms with Gasteiger partial charge in [-0.05, 0) is 18.4 Å². The molecule has 18 heavy (non-hydrogen) atoms. The molecule has 1 aliphatic heterocycles. The van der Waals surface area contributed by atoms with Crippen LogP contribution in [0.25, 0.3) is 0 Å². The number of hydrogen-bond donors (Lipinski definition) is 0. The van der Waals surface area contributed by atoms with E-state index in [1.54, 1.807) is 0 Å². The van der Waals surface area contributed by atoms with Crippen LogP contribution in [0.3, 0.4) is 0 Å². The number of benzene rings is 2. The summed E-state index contributed by atoms with van der Waals surface area (Å²) in [5.74, 6) is 0.394. The van der Waals surface area contributed by atoms with Crippen LogP contribution in [0.2, 0.25) is 0 Å². The summed E-state index contributed by atoms with van der Waals surface area (Å²) >= 11 is 0. The lowest BCUT2D eigenvalue weighted by atomic mass is 10.0. The van der Waals surface area contributed by atoms with Gasteiger partial charge >= 0.3 is 0 Å². The van der Waals surface area contributed by atoms with Gasteiger partial charge in [0.05, 0.1) is 0 Å². The number of aryl methyl sites for hydroxylation is 1. The van der Waals surface area contributed by atoms with E-state index in [1.165, 1.54) is 11.1 Å². The Kier molecular flexibility index (Phi) is 2.68. The van der Waals surface area contributed by atoms with Crippen LogP contribution in [0, 0.1) is 6.92 Å². The maximum Gasteiger partial charge on any atom is 0.144 e. The second-order valence-electron chi connectivity index (χ2n) is 5.22. The van der Waals surface area contributed by atoms with E-state index in [0.717, 1.165) is 16.8 Å². The minimum absolute atomic E-state index is 0.394. The topological polar surface area (TPSA) is 17.1 Å². The SMILES string of the molecule is Cc1ccc2c(c1)C(C)CP2(=O)c1ccccc1. The molecule has 0 saturated carbocycles. The van der Waals surface area contributed by atoms with E-state index >= 15 is 0 Å². The van der Waals surface area contributed by atoms with Gasteiger partial charge in [-0.25, -0.2) is 0 Å². The van der Waals surface area contributed by atoms with E-state index in [4.69, 9.17) is 0 Å². The van der Waals surface area contributed by atoms with E-state index in [9.17, 15) is 4.57 Å². The Bertz CT molecular complexity index is 631. The van der Waals surface area contributed by atoms with Crippen molar-refractivity contribution >= 4 is 17.8 Å². The number of hydrogen-bond acceptors (Lipinski definition) is 1. The Morgan fingerprint density at radius 1 is 1.11 bits per heavy atom. The molecular weight excluding hydrogens is 239 g/mol. The third-order valence-corrected chi connectivity index (χ3v) is 7.19. The molecule has 0 bridgehead atoms. The molecule has 0 amide bonds. The van der Waals surface area contributed by atoms with Crippen LogP contribution < -0.4 is 10.6 Å². The van der Waals surface area contributed by atoms with Gasteiger partial charge in [0.15, 0.2) is 0 Å². The molecule has 2 aromatic carbocycles. The number of fused-ring (bicyclic) bond motifs is 1. The molecule has 0 fully saturated rings. The van der Waals surface area contributed by atoms with Crippen LogP contribution in [-0.4, -0.2) is 6.16 Å². The molecule has 0 radical (unpaired) electrons. The summed E-state index contributed by atoms with van der Waals surface area (Å²) in [5, 5.41) is 2.08. The molecule has 3 rings (SSSR count). The van der Waals surface area contributed by atoms with Gasteiger partial charge in [-0.15, -0.1) is 0 Å². The highest BCUT2D eigenvalue weighted by Gasteiger charge is 2.38. The zero-order chi connectivity index (χ0) is 12.8. The Labute approximate surface area is 108 Å². The predicted octanol–water partition coefficient (Wildman–Crippen LogP) is 3.43. The van der Waals surface area contributed by atoms with Crippen molar-refractivity contribution in [2.75, 3.05) is 6.16 Å². The first-order chi connectivity index (χ1) is 8.61. The van der Waals surface area contributed by atoms with Gasteiger partial charge in [0.2, 0.25) is 0 Å². The van der Waals surface area contributed by atoms with Gasteiger partial charge in [-0.2, -0.15) is 0 Å². The van der Waals surface area contributed by atoms with Gasteiger partial charge in [-0.3, -0.25) is 0 Å². The average molecular weight is 256 g/mol. The third kappa shape index (κ3) is 1.66. The molecule has 2 unspecified atom stereocenters. The zero-order valence-electron chi connectivity index (χ0n) is 10.8. The molecule has 0 spiro atoms. The maximum atomic E-state index is 13.4. The van der Waals surface area contributed by atoms with Crippen LogP contribution in [0.5, 0.6) is 0 Å². The molecule has 2 heteroatoms. The van der Waals surface area contributed by atoms with Crippen LogP contribution in [-0.2, 0) is 4.57 Å². The fraction of sp³-hybridized carbons (Fsp3) is 0.250. The van der Waals surface area contributed by atoms with E-state index in [1.807, 2.05) is 30.3 Å². The van der Waals surface area contributed by atoms with E-state index in [2.05, 4.69) is 32.0 Å². The van der Waals surface area contributed by atoms with Gasteiger partial charge in [-0.1, -0.05) is 61.0 Å². The zero-order valence-corrected chi connectivity index (χ0v) is 11.7. The Morgan fingerprint density at radius 3 is 2.56 bits per heavy atom. The molecule has 2 aromatic rings. The van der Waals surface area contributed by atoms with Crippen molar-refractivity contribution < 1.29 is 4.57 Å². The summed E-state index contributed by atoms with van der Waals surface area (Å²) in [4.78, 5) is 0. The summed E-state index contributed by atoms with van der Waals surface area (Å²) in [6.07, 6.45) is 0.774. The highest BCUT2D eigenvalue weighted by molar-refractivity contribution is 7.79. The molecule has 1 heterocycles. The molecule has 0 N–H and O–H groups in total. The second-order valence-corrected chi connectivity index (χ2v) is 8.06. The first-order valence-corrected chi connectivity index (χ1v) is 8.26. The van der Waals surface area contributed by atoms with Crippen LogP contribution in [0.4, 0.5) is 0 Å². The van der Waals surface area contributed by atoms with Crippen molar-refractivity contribution in [1.29, 1.82) is 0 Å². The monoisotopic (exact) mass is 256 g/mol. The predicted molar refractivity (Wildman–Crippen MR) is 77.8 cm³/mol. The van der Waals surface area contributed by atoms with Gasteiger partial charge < -0.3 is 4.57 Å². The lowest BCUT2D eigenvalue weighted by molar-refractivity contribution is 0.586. The van der Waals surface area contributed by atoms with Crippen molar-refractivity contribution in [3.05, 3.63) is 59.7 Å². The third-order valence-electron chi connectivity index (χ3n) is 3.81. The molecule has 1 aliphatic rings. The highest BCUT2D eigenvalue weighted by Crippen LogP contribution is 2.53. The summed E-state index contributed by atoms with van der Waals surface area (Å²) in [5.41, 5.74) is 2.53. The number of rotatable bonds is 1. The Balaban J connectivity index is 2.21. The van der Waals surface area contributed by atoms with Gasteiger partial charge in [0.25, 0.3) is 0 Å². The van der Waals surface area contributed by atoms with Crippen molar-refractivity contribution in [1.82, 2.24) is 0 Å². The summed E-state index contributed by atoms with van der Waals surface area (Å²) in [6.45, 7) is 4.28. The lowest BCUT2D eigenvalue weighted by Gasteiger charge is -2.13. The standard InChI is InChI=1S/C16H17OP/c1-12-8-9-16-15(10-12)13(2)11-18(16,17)14-6-4-3-5-7-14/h3-10,13H,11H2,1-2H3. The van der Waals surface area contributed by atoms with Gasteiger partial charge in [0.1, 0.15) is 7.14 Å². The van der Waals surface area contributed by atoms with Crippen LogP contribution >= 0.6 is 7.14 Å². The smallest absolute Gasteiger partial charge is 0.144 e. The fourth-order valence-electron chi connectivity index (χ4n) is 2.89. The second kappa shape index (κ2) is 4.10. The summed E-state index contributed by atoms with van der Waals surface area (Å²) in [6, 6.07) is 16.3. The largest absolute Gasteiger partial charge is 0.314 e. The van der Waals surface area contributed by atoms with Crippen molar-refractivity contribution in [2.24, 2.45) is 0 Å². The minimum atomic E-state index is -2.39. The van der Waals surface area contributed by atoms with Crippen LogP contribution in [0.15, 0.2) is 48.5 Å². The summed E-state index contributed by atoms with van der Waals surface area (Å²) in [7, 11) is -2.39. The molecule has 1 nitrogen and oxygen atoms in total. The van der Waals surface area contributed by atoms with Gasteiger partial charge in [0, 0.05) is 16.8 Å². The lowest BCUT2D eigenvalue weighted by Crippen LogP contribution is -2.14. The quantitative estimate of drug-likeness (QED) is 0.714. The summed E-state index contributed by atoms with van der Waals surface area (Å²) < 4.78 is 13.4. The maximum absolute atomic E-state index is 13.4. The van der Waals surface area contributed by atoms with Crippen LogP contribution in [0.1, 0.15) is 24.0 Å². The van der Waals surface area contributed by atoms with E-state index < -0.39 is 7.14 Å². The van der Waals surface area contributed by atoms with Crippen molar-refractivity contribution in [3.8, 4) is 0 Å². The molecule has 0 saturated heterocycles.